The predicted octanol–water partition coefficient (Wildman–Crippen LogP) is 4.47. The summed E-state index contributed by atoms with van der Waals surface area (Å²) in [4.78, 5) is 19.0. The van der Waals surface area contributed by atoms with Crippen LogP contribution in [0, 0.1) is 17.2 Å². The van der Waals surface area contributed by atoms with Crippen LogP contribution in [0.3, 0.4) is 0 Å². The zero-order valence-electron chi connectivity index (χ0n) is 20.8. The van der Waals surface area contributed by atoms with Gasteiger partial charge >= 0.3 is 0 Å². The monoisotopic (exact) mass is 472 g/mol. The summed E-state index contributed by atoms with van der Waals surface area (Å²) >= 11 is 0. The number of aromatic nitrogens is 1. The number of pyridine rings is 1. The summed E-state index contributed by atoms with van der Waals surface area (Å²) < 4.78 is 5.23. The Labute approximate surface area is 206 Å². The van der Waals surface area contributed by atoms with Crippen LogP contribution in [-0.4, -0.2) is 36.7 Å². The lowest BCUT2D eigenvalue weighted by Crippen LogP contribution is -2.24. The van der Waals surface area contributed by atoms with E-state index in [1.807, 2.05) is 31.2 Å². The van der Waals surface area contributed by atoms with Gasteiger partial charge in [0.25, 0.3) is 0 Å². The molecule has 2 N–H and O–H groups in total. The van der Waals surface area contributed by atoms with Crippen molar-refractivity contribution in [1.29, 1.82) is 5.26 Å². The van der Waals surface area contributed by atoms with E-state index in [1.165, 1.54) is 0 Å². The molecule has 1 aliphatic heterocycles. The average Bonchev–Trinajstić information content (AvgIpc) is 3.12. The van der Waals surface area contributed by atoms with Gasteiger partial charge in [0.1, 0.15) is 5.82 Å². The molecule has 2 unspecified atom stereocenters. The van der Waals surface area contributed by atoms with Crippen LogP contribution in [0.1, 0.15) is 55.0 Å². The van der Waals surface area contributed by atoms with E-state index >= 15 is 0 Å². The van der Waals surface area contributed by atoms with Gasteiger partial charge in [-0.2, -0.15) is 5.26 Å². The van der Waals surface area contributed by atoms with Gasteiger partial charge in [-0.05, 0) is 54.5 Å². The molecule has 0 fully saturated rings. The molecular weight excluding hydrogens is 440 g/mol. The number of nitriles is 1. The fourth-order valence-electron chi connectivity index (χ4n) is 4.96. The van der Waals surface area contributed by atoms with Crippen molar-refractivity contribution in [1.82, 2.24) is 10.3 Å². The Kier molecular flexibility index (Phi) is 7.23. The number of likely N-dealkylation sites (N-methyl/N-ethyl adjacent to an activating group) is 1. The molecule has 1 amide bonds. The van der Waals surface area contributed by atoms with Crippen LogP contribution in [0.4, 0.5) is 5.82 Å². The minimum Gasteiger partial charge on any atom is -0.504 e. The first-order valence-electron chi connectivity index (χ1n) is 12.1. The third kappa shape index (κ3) is 4.67. The van der Waals surface area contributed by atoms with Crippen molar-refractivity contribution in [3.63, 3.8) is 0 Å². The maximum Gasteiger partial charge on any atom is 0.235 e. The number of aryl methyl sites for hydroxylation is 1. The van der Waals surface area contributed by atoms with Gasteiger partial charge in [-0.3, -0.25) is 9.69 Å². The highest BCUT2D eigenvalue weighted by molar-refractivity contribution is 6.03. The number of ether oxygens (including phenoxy) is 1. The standard InChI is InChI=1S/C28H32N4O3/c1-5-18-13-26(35-4)25(33)12-20(18)16-30-15-17-7-8-19(14-29)23(11-17)24-10-9-22-21(6-2)28(34)32(3)27(22)31-24/h8-13,17,21,30,33H,5-7,15-16H2,1-4H3. The number of allylic oxidation sites excluding steroid dienone is 3. The summed E-state index contributed by atoms with van der Waals surface area (Å²) in [6, 6.07) is 9.86. The van der Waals surface area contributed by atoms with Gasteiger partial charge in [0, 0.05) is 31.3 Å². The summed E-state index contributed by atoms with van der Waals surface area (Å²) in [6.45, 7) is 5.43. The highest BCUT2D eigenvalue weighted by Gasteiger charge is 2.35. The van der Waals surface area contributed by atoms with Crippen molar-refractivity contribution in [3.8, 4) is 17.6 Å². The summed E-state index contributed by atoms with van der Waals surface area (Å²) in [6.07, 6.45) is 6.42. The number of phenolic OH excluding ortho intramolecular Hbond substituents is 1. The number of hydrogen-bond donors (Lipinski definition) is 2. The molecule has 0 saturated heterocycles. The second-order valence-electron chi connectivity index (χ2n) is 9.05. The third-order valence-corrected chi connectivity index (χ3v) is 6.95. The first kappa shape index (κ1) is 24.5. The van der Waals surface area contributed by atoms with E-state index in [0.717, 1.165) is 48.1 Å². The van der Waals surface area contributed by atoms with Crippen LogP contribution in [0.25, 0.3) is 5.57 Å². The molecule has 7 heteroatoms. The van der Waals surface area contributed by atoms with Crippen LogP contribution in [0.5, 0.6) is 11.5 Å². The molecule has 2 heterocycles. The second-order valence-corrected chi connectivity index (χ2v) is 9.05. The number of carbonyl (C=O) groups is 1. The molecule has 2 aliphatic rings. The molecule has 35 heavy (non-hydrogen) atoms. The number of nitrogens with one attached hydrogen (secondary N) is 1. The van der Waals surface area contributed by atoms with Crippen molar-refractivity contribution in [3.05, 3.63) is 64.4 Å². The molecule has 0 spiro atoms. The van der Waals surface area contributed by atoms with Crippen LogP contribution in [0.15, 0.2) is 42.0 Å². The Bertz CT molecular complexity index is 1240. The number of methoxy groups -OCH3 is 1. The van der Waals surface area contributed by atoms with Crippen LogP contribution < -0.4 is 15.0 Å². The molecule has 1 aromatic carbocycles. The molecule has 0 bridgehead atoms. The number of benzene rings is 1. The first-order chi connectivity index (χ1) is 16.9. The van der Waals surface area contributed by atoms with Crippen LogP contribution >= 0.6 is 0 Å². The Balaban J connectivity index is 1.52. The van der Waals surface area contributed by atoms with E-state index in [-0.39, 0.29) is 23.5 Å². The Morgan fingerprint density at radius 2 is 2.09 bits per heavy atom. The molecular formula is C28H32N4O3. The number of fused-ring (bicyclic) bond motifs is 1. The number of phenols is 1. The van der Waals surface area contributed by atoms with Crippen molar-refractivity contribution in [2.24, 2.45) is 5.92 Å². The summed E-state index contributed by atoms with van der Waals surface area (Å²) in [5.74, 6) is 1.42. The number of anilines is 1. The number of amides is 1. The van der Waals surface area contributed by atoms with Gasteiger partial charge in [0.2, 0.25) is 5.91 Å². The summed E-state index contributed by atoms with van der Waals surface area (Å²) in [5.41, 5.74) is 5.26. The highest BCUT2D eigenvalue weighted by Crippen LogP contribution is 2.39. The maximum absolute atomic E-state index is 12.6. The Morgan fingerprint density at radius 1 is 1.29 bits per heavy atom. The minimum absolute atomic E-state index is 0.0684. The average molecular weight is 473 g/mol. The van der Waals surface area contributed by atoms with E-state index in [4.69, 9.17) is 9.72 Å². The topological polar surface area (TPSA) is 98.5 Å². The van der Waals surface area contributed by atoms with E-state index in [1.54, 1.807) is 25.1 Å². The van der Waals surface area contributed by atoms with Crippen molar-refractivity contribution < 1.29 is 14.6 Å². The van der Waals surface area contributed by atoms with E-state index in [0.29, 0.717) is 29.4 Å². The second kappa shape index (κ2) is 10.3. The first-order valence-corrected chi connectivity index (χ1v) is 12.1. The van der Waals surface area contributed by atoms with Gasteiger partial charge in [-0.15, -0.1) is 0 Å². The lowest BCUT2D eigenvalue weighted by atomic mass is 9.88. The molecule has 0 saturated carbocycles. The molecule has 1 aliphatic carbocycles. The largest absolute Gasteiger partial charge is 0.504 e. The molecule has 1 aromatic heterocycles. The fraction of sp³-hybridized carbons (Fsp3) is 0.393. The van der Waals surface area contributed by atoms with Gasteiger partial charge in [-0.25, -0.2) is 4.98 Å². The van der Waals surface area contributed by atoms with Crippen molar-refractivity contribution in [2.45, 2.75) is 45.6 Å². The Morgan fingerprint density at radius 3 is 2.77 bits per heavy atom. The molecule has 4 rings (SSSR count). The van der Waals surface area contributed by atoms with Gasteiger partial charge in [0.05, 0.1) is 30.4 Å². The zero-order chi connectivity index (χ0) is 25.1. The van der Waals surface area contributed by atoms with Crippen molar-refractivity contribution in [2.75, 3.05) is 25.6 Å². The van der Waals surface area contributed by atoms with Gasteiger partial charge in [0.15, 0.2) is 11.5 Å². The normalized spacial score (nSPS) is 19.2. The summed E-state index contributed by atoms with van der Waals surface area (Å²) in [7, 11) is 3.31. The number of hydrogen-bond acceptors (Lipinski definition) is 6. The summed E-state index contributed by atoms with van der Waals surface area (Å²) in [5, 5.41) is 23.4. The van der Waals surface area contributed by atoms with Crippen molar-refractivity contribution >= 4 is 17.3 Å². The zero-order valence-corrected chi connectivity index (χ0v) is 20.8. The van der Waals surface area contributed by atoms with Crippen LogP contribution in [0.2, 0.25) is 0 Å². The van der Waals surface area contributed by atoms with Gasteiger partial charge in [-0.1, -0.05) is 32.1 Å². The number of aromatic hydroxyl groups is 1. The molecule has 2 atom stereocenters. The van der Waals surface area contributed by atoms with E-state index in [2.05, 4.69) is 24.4 Å². The molecule has 2 aromatic rings. The SMILES string of the molecule is CCc1cc(OC)c(O)cc1CNCC1C=C(c2ccc3c(n2)N(C)C(=O)C3CC)C(C#N)=CC1. The highest BCUT2D eigenvalue weighted by atomic mass is 16.5. The molecule has 7 nitrogen and oxygen atoms in total. The van der Waals surface area contributed by atoms with Crippen LogP contribution in [-0.2, 0) is 17.8 Å². The smallest absolute Gasteiger partial charge is 0.235 e. The predicted molar refractivity (Wildman–Crippen MR) is 136 cm³/mol. The fourth-order valence-corrected chi connectivity index (χ4v) is 4.96. The maximum atomic E-state index is 12.6. The van der Waals surface area contributed by atoms with Gasteiger partial charge < -0.3 is 15.2 Å². The number of carbonyl (C=O) groups excluding carboxylic acids is 1. The van der Waals surface area contributed by atoms with E-state index in [9.17, 15) is 15.2 Å². The lowest BCUT2D eigenvalue weighted by Gasteiger charge is -2.21. The quantitative estimate of drug-likeness (QED) is 0.588. The Hall–Kier alpha value is -3.63. The number of rotatable bonds is 8. The lowest BCUT2D eigenvalue weighted by molar-refractivity contribution is -0.119. The third-order valence-electron chi connectivity index (χ3n) is 6.95. The minimum atomic E-state index is -0.148. The molecule has 0 radical (unpaired) electrons. The molecule has 182 valence electrons. The van der Waals surface area contributed by atoms with E-state index < -0.39 is 0 Å². The number of nitrogens with zero attached hydrogens (tertiary/aromatic N) is 3.